The van der Waals surface area contributed by atoms with Crippen molar-refractivity contribution in [1.82, 2.24) is 9.97 Å². The second kappa shape index (κ2) is 2.86. The highest BCUT2D eigenvalue weighted by Crippen LogP contribution is 2.13. The molecule has 1 aromatic heterocycles. The van der Waals surface area contributed by atoms with Crippen LogP contribution < -0.4 is 5.73 Å². The topological polar surface area (TPSA) is 95.9 Å². The average Bonchev–Trinajstić information content (AvgIpc) is 2.06. The number of aliphatic hydroxyl groups is 1. The van der Waals surface area contributed by atoms with Gasteiger partial charge in [-0.25, -0.2) is 9.97 Å². The molecule has 0 fully saturated rings. The molecule has 0 aromatic carbocycles. The molecule has 0 amide bonds. The Hall–Kier alpha value is -1.49. The van der Waals surface area contributed by atoms with Crippen LogP contribution in [0.3, 0.4) is 0 Å². The van der Waals surface area contributed by atoms with Crippen LogP contribution in [0.1, 0.15) is 12.7 Å². The molecule has 0 aliphatic heterocycles. The maximum atomic E-state index is 9.59. The monoisotopic (exact) mass is 166 g/mol. The van der Waals surface area contributed by atoms with Crippen LogP contribution in [0, 0.1) is 5.41 Å². The maximum Gasteiger partial charge on any atom is 0.177 e. The Morgan fingerprint density at radius 3 is 2.50 bits per heavy atom. The lowest BCUT2D eigenvalue weighted by atomic mass is 10.1. The van der Waals surface area contributed by atoms with Crippen LogP contribution in [0.15, 0.2) is 18.5 Å². The van der Waals surface area contributed by atoms with Crippen LogP contribution in [-0.4, -0.2) is 20.9 Å². The largest absolute Gasteiger partial charge is 0.385 e. The minimum atomic E-state index is -1.57. The lowest BCUT2D eigenvalue weighted by molar-refractivity contribution is 0.120. The van der Waals surface area contributed by atoms with Crippen molar-refractivity contribution < 1.29 is 5.11 Å². The molecular formula is C7H10N4O. The first-order valence-electron chi connectivity index (χ1n) is 3.39. The standard InChI is InChI=1S/C7H10N4O/c1-7(12,5(8)9)6-10-3-2-4-11-6/h2-4,12H,1H3,(H3,8,9). The fourth-order valence-electron chi connectivity index (χ4n) is 0.671. The molecule has 0 aliphatic carbocycles. The van der Waals surface area contributed by atoms with Gasteiger partial charge in [0.1, 0.15) is 5.84 Å². The molecule has 1 rings (SSSR count). The summed E-state index contributed by atoms with van der Waals surface area (Å²) in [4.78, 5) is 7.58. The van der Waals surface area contributed by atoms with E-state index in [0.29, 0.717) is 0 Å². The molecule has 1 aromatic rings. The fraction of sp³-hybridized carbons (Fsp3) is 0.286. The summed E-state index contributed by atoms with van der Waals surface area (Å²) >= 11 is 0. The number of nitrogens with one attached hydrogen (secondary N) is 1. The maximum absolute atomic E-state index is 9.59. The molecule has 64 valence electrons. The Balaban J connectivity index is 3.06. The third-order valence-electron chi connectivity index (χ3n) is 1.53. The van der Waals surface area contributed by atoms with Crippen molar-refractivity contribution in [2.24, 2.45) is 5.73 Å². The van der Waals surface area contributed by atoms with Crippen molar-refractivity contribution in [3.05, 3.63) is 24.3 Å². The van der Waals surface area contributed by atoms with E-state index in [-0.39, 0.29) is 11.7 Å². The minimum Gasteiger partial charge on any atom is -0.385 e. The van der Waals surface area contributed by atoms with E-state index < -0.39 is 5.60 Å². The Morgan fingerprint density at radius 2 is 2.08 bits per heavy atom. The van der Waals surface area contributed by atoms with Gasteiger partial charge in [-0.3, -0.25) is 5.41 Å². The van der Waals surface area contributed by atoms with E-state index in [4.69, 9.17) is 11.1 Å². The predicted octanol–water partition coefficient (Wildman–Crippen LogP) is -0.380. The third kappa shape index (κ3) is 1.40. The van der Waals surface area contributed by atoms with Gasteiger partial charge in [0, 0.05) is 12.4 Å². The second-order valence-electron chi connectivity index (χ2n) is 2.56. The Morgan fingerprint density at radius 1 is 1.58 bits per heavy atom. The van der Waals surface area contributed by atoms with Gasteiger partial charge in [-0.15, -0.1) is 0 Å². The first-order valence-corrected chi connectivity index (χ1v) is 3.39. The Kier molecular flexibility index (Phi) is 2.05. The van der Waals surface area contributed by atoms with Crippen molar-refractivity contribution in [3.8, 4) is 0 Å². The van der Waals surface area contributed by atoms with Crippen LogP contribution in [0.2, 0.25) is 0 Å². The summed E-state index contributed by atoms with van der Waals surface area (Å²) in [6, 6.07) is 1.62. The second-order valence-corrected chi connectivity index (χ2v) is 2.56. The highest BCUT2D eigenvalue weighted by Gasteiger charge is 2.29. The normalized spacial score (nSPS) is 15.2. The number of aromatic nitrogens is 2. The lowest BCUT2D eigenvalue weighted by Crippen LogP contribution is -2.39. The summed E-state index contributed by atoms with van der Waals surface area (Å²) < 4.78 is 0. The van der Waals surface area contributed by atoms with Gasteiger partial charge < -0.3 is 10.8 Å². The number of hydrogen-bond donors (Lipinski definition) is 3. The molecule has 0 spiro atoms. The van der Waals surface area contributed by atoms with Gasteiger partial charge in [-0.2, -0.15) is 0 Å². The zero-order valence-electron chi connectivity index (χ0n) is 6.65. The third-order valence-corrected chi connectivity index (χ3v) is 1.53. The predicted molar refractivity (Wildman–Crippen MR) is 43.5 cm³/mol. The van der Waals surface area contributed by atoms with Crippen molar-refractivity contribution in [1.29, 1.82) is 5.41 Å². The van der Waals surface area contributed by atoms with Gasteiger partial charge in [0.2, 0.25) is 0 Å². The number of rotatable bonds is 2. The van der Waals surface area contributed by atoms with E-state index in [2.05, 4.69) is 9.97 Å². The molecule has 5 heteroatoms. The molecule has 1 unspecified atom stereocenters. The quantitative estimate of drug-likeness (QED) is 0.412. The number of amidine groups is 1. The van der Waals surface area contributed by atoms with Crippen LogP contribution in [0.5, 0.6) is 0 Å². The molecule has 4 N–H and O–H groups in total. The molecule has 0 radical (unpaired) electrons. The van der Waals surface area contributed by atoms with E-state index >= 15 is 0 Å². The average molecular weight is 166 g/mol. The first kappa shape index (κ1) is 8.61. The first-order chi connectivity index (χ1) is 5.55. The summed E-state index contributed by atoms with van der Waals surface area (Å²) in [7, 11) is 0. The molecule has 0 saturated heterocycles. The van der Waals surface area contributed by atoms with Gasteiger partial charge in [-0.1, -0.05) is 0 Å². The van der Waals surface area contributed by atoms with Crippen molar-refractivity contribution in [2.75, 3.05) is 0 Å². The van der Waals surface area contributed by atoms with Gasteiger partial charge in [-0.05, 0) is 13.0 Å². The molecule has 0 bridgehead atoms. The van der Waals surface area contributed by atoms with Crippen molar-refractivity contribution in [3.63, 3.8) is 0 Å². The Labute approximate surface area is 69.8 Å². The summed E-state index contributed by atoms with van der Waals surface area (Å²) in [6.45, 7) is 1.38. The van der Waals surface area contributed by atoms with Crippen molar-refractivity contribution >= 4 is 5.84 Å². The summed E-state index contributed by atoms with van der Waals surface area (Å²) in [6.07, 6.45) is 2.97. The summed E-state index contributed by atoms with van der Waals surface area (Å²) in [5, 5.41) is 16.7. The molecule has 0 saturated carbocycles. The number of nitrogens with zero attached hydrogens (tertiary/aromatic N) is 2. The molecule has 0 aliphatic rings. The van der Waals surface area contributed by atoms with Gasteiger partial charge in [0.05, 0.1) is 0 Å². The highest BCUT2D eigenvalue weighted by molar-refractivity contribution is 5.85. The van der Waals surface area contributed by atoms with Gasteiger partial charge in [0.15, 0.2) is 11.4 Å². The zero-order chi connectivity index (χ0) is 9.19. The van der Waals surface area contributed by atoms with Crippen LogP contribution >= 0.6 is 0 Å². The minimum absolute atomic E-state index is 0.137. The number of hydrogen-bond acceptors (Lipinski definition) is 4. The number of nitrogens with two attached hydrogens (primary N) is 1. The van der Waals surface area contributed by atoms with E-state index in [1.54, 1.807) is 6.07 Å². The van der Waals surface area contributed by atoms with Crippen LogP contribution in [-0.2, 0) is 5.60 Å². The molecule has 1 atom stereocenters. The van der Waals surface area contributed by atoms with E-state index in [0.717, 1.165) is 0 Å². The van der Waals surface area contributed by atoms with Crippen molar-refractivity contribution in [2.45, 2.75) is 12.5 Å². The SMILES string of the molecule is CC(O)(C(=N)N)c1ncccn1. The molecule has 5 nitrogen and oxygen atoms in total. The van der Waals surface area contributed by atoms with Crippen LogP contribution in [0.4, 0.5) is 0 Å². The Bertz CT molecular complexity index is 283. The zero-order valence-corrected chi connectivity index (χ0v) is 6.65. The van der Waals surface area contributed by atoms with Crippen LogP contribution in [0.25, 0.3) is 0 Å². The fourth-order valence-corrected chi connectivity index (χ4v) is 0.671. The summed E-state index contributed by atoms with van der Waals surface area (Å²) in [5.74, 6) is -0.230. The highest BCUT2D eigenvalue weighted by atomic mass is 16.3. The lowest BCUT2D eigenvalue weighted by Gasteiger charge is -2.18. The van der Waals surface area contributed by atoms with E-state index in [1.165, 1.54) is 19.3 Å². The van der Waals surface area contributed by atoms with Gasteiger partial charge in [0.25, 0.3) is 0 Å². The molecule has 12 heavy (non-hydrogen) atoms. The molecule has 1 heterocycles. The summed E-state index contributed by atoms with van der Waals surface area (Å²) in [5.41, 5.74) is 3.59. The smallest absolute Gasteiger partial charge is 0.177 e. The van der Waals surface area contributed by atoms with E-state index in [1.807, 2.05) is 0 Å². The molecular weight excluding hydrogens is 156 g/mol. The van der Waals surface area contributed by atoms with E-state index in [9.17, 15) is 5.11 Å². The van der Waals surface area contributed by atoms with Gasteiger partial charge >= 0.3 is 0 Å².